The van der Waals surface area contributed by atoms with Crippen molar-refractivity contribution in [3.05, 3.63) is 64.7 Å². The molecule has 1 aromatic carbocycles. The Hall–Kier alpha value is -2.73. The van der Waals surface area contributed by atoms with E-state index in [-0.39, 0.29) is 5.78 Å². The minimum absolute atomic E-state index is 0.209. The van der Waals surface area contributed by atoms with Crippen LogP contribution in [0.15, 0.2) is 42.7 Å². The van der Waals surface area contributed by atoms with Crippen LogP contribution in [0.1, 0.15) is 21.7 Å². The van der Waals surface area contributed by atoms with Crippen LogP contribution >= 0.6 is 11.6 Å². The normalized spacial score (nSPS) is 11.3. The van der Waals surface area contributed by atoms with Crippen LogP contribution in [0.2, 0.25) is 5.02 Å². The van der Waals surface area contributed by atoms with Crippen LogP contribution in [-0.2, 0) is 7.05 Å². The van der Waals surface area contributed by atoms with Crippen molar-refractivity contribution in [3.63, 3.8) is 0 Å². The Balaban J connectivity index is 1.86. The zero-order chi connectivity index (χ0) is 16.4. The van der Waals surface area contributed by atoms with Gasteiger partial charge in [0, 0.05) is 23.8 Å². The SMILES string of the molecule is Cc1c(C(=O)C=Cc2cnn(C)c2)nnn1-c1cccc(Cl)c1. The second-order valence-corrected chi connectivity index (χ2v) is 5.50. The highest BCUT2D eigenvalue weighted by atomic mass is 35.5. The number of rotatable bonds is 4. The van der Waals surface area contributed by atoms with Crippen LogP contribution in [-0.4, -0.2) is 30.6 Å². The number of hydrogen-bond acceptors (Lipinski definition) is 4. The molecule has 0 radical (unpaired) electrons. The minimum Gasteiger partial charge on any atom is -0.287 e. The Kier molecular flexibility index (Phi) is 4.08. The van der Waals surface area contributed by atoms with E-state index in [4.69, 9.17) is 11.6 Å². The second-order valence-electron chi connectivity index (χ2n) is 5.06. The molecule has 0 saturated carbocycles. The van der Waals surface area contributed by atoms with Crippen molar-refractivity contribution in [2.75, 3.05) is 0 Å². The fourth-order valence-electron chi connectivity index (χ4n) is 2.19. The Morgan fingerprint density at radius 1 is 1.35 bits per heavy atom. The first-order valence-electron chi connectivity index (χ1n) is 6.94. The molecule has 6 nitrogen and oxygen atoms in total. The zero-order valence-corrected chi connectivity index (χ0v) is 13.4. The van der Waals surface area contributed by atoms with Crippen molar-refractivity contribution in [1.82, 2.24) is 24.8 Å². The Morgan fingerprint density at radius 2 is 2.17 bits per heavy atom. The molecule has 0 aliphatic rings. The van der Waals surface area contributed by atoms with E-state index in [0.29, 0.717) is 16.4 Å². The van der Waals surface area contributed by atoms with Gasteiger partial charge in [0.15, 0.2) is 5.69 Å². The lowest BCUT2D eigenvalue weighted by Gasteiger charge is -2.03. The molecular weight excluding hydrogens is 314 g/mol. The van der Waals surface area contributed by atoms with E-state index in [2.05, 4.69) is 15.4 Å². The summed E-state index contributed by atoms with van der Waals surface area (Å²) in [6, 6.07) is 7.22. The molecule has 0 saturated heterocycles. The summed E-state index contributed by atoms with van der Waals surface area (Å²) in [4.78, 5) is 12.3. The topological polar surface area (TPSA) is 65.6 Å². The highest BCUT2D eigenvalue weighted by Gasteiger charge is 2.15. The van der Waals surface area contributed by atoms with E-state index in [0.717, 1.165) is 11.3 Å². The van der Waals surface area contributed by atoms with Gasteiger partial charge in [0.1, 0.15) is 0 Å². The Morgan fingerprint density at radius 3 is 2.87 bits per heavy atom. The molecule has 3 aromatic rings. The molecule has 0 fully saturated rings. The number of nitrogens with zero attached hydrogens (tertiary/aromatic N) is 5. The fourth-order valence-corrected chi connectivity index (χ4v) is 2.37. The van der Waals surface area contributed by atoms with Crippen molar-refractivity contribution in [2.24, 2.45) is 7.05 Å². The van der Waals surface area contributed by atoms with Gasteiger partial charge in [-0.05, 0) is 37.3 Å². The summed E-state index contributed by atoms with van der Waals surface area (Å²) >= 11 is 5.99. The van der Waals surface area contributed by atoms with E-state index >= 15 is 0 Å². The summed E-state index contributed by atoms with van der Waals surface area (Å²) in [6.45, 7) is 1.80. The molecule has 0 aliphatic carbocycles. The Labute approximate surface area is 138 Å². The molecule has 0 unspecified atom stereocenters. The smallest absolute Gasteiger partial charge is 0.208 e. The number of allylic oxidation sites excluding steroid dienone is 1. The van der Waals surface area contributed by atoms with Gasteiger partial charge in [-0.2, -0.15) is 5.10 Å². The lowest BCUT2D eigenvalue weighted by atomic mass is 10.2. The number of halogens is 1. The van der Waals surface area contributed by atoms with Crippen molar-refractivity contribution in [1.29, 1.82) is 0 Å². The van der Waals surface area contributed by atoms with Gasteiger partial charge in [-0.15, -0.1) is 5.10 Å². The number of aryl methyl sites for hydroxylation is 1. The number of aromatic nitrogens is 5. The van der Waals surface area contributed by atoms with E-state index in [1.165, 1.54) is 6.08 Å². The van der Waals surface area contributed by atoms with Gasteiger partial charge in [-0.3, -0.25) is 9.48 Å². The number of benzene rings is 1. The number of hydrogen-bond donors (Lipinski definition) is 0. The standard InChI is InChI=1S/C16H14ClN5O/c1-11-16(15(23)7-6-12-9-18-21(2)10-12)19-20-22(11)14-5-3-4-13(17)8-14/h3-10H,1-2H3. The average molecular weight is 328 g/mol. The van der Waals surface area contributed by atoms with Crippen LogP contribution in [0.25, 0.3) is 11.8 Å². The van der Waals surface area contributed by atoms with Crippen molar-refractivity contribution >= 4 is 23.5 Å². The number of carbonyl (C=O) groups excluding carboxylic acids is 1. The van der Waals surface area contributed by atoms with Crippen molar-refractivity contribution in [2.45, 2.75) is 6.92 Å². The summed E-state index contributed by atoms with van der Waals surface area (Å²) in [6.07, 6.45) is 6.67. The first-order chi connectivity index (χ1) is 11.0. The molecule has 3 rings (SSSR count). The third-order valence-corrected chi connectivity index (χ3v) is 3.57. The van der Waals surface area contributed by atoms with E-state index in [9.17, 15) is 4.79 Å². The fraction of sp³-hybridized carbons (Fsp3) is 0.125. The van der Waals surface area contributed by atoms with Gasteiger partial charge >= 0.3 is 0 Å². The largest absolute Gasteiger partial charge is 0.287 e. The maximum absolute atomic E-state index is 12.3. The summed E-state index contributed by atoms with van der Waals surface area (Å²) in [5, 5.41) is 12.7. The van der Waals surface area contributed by atoms with Crippen molar-refractivity contribution < 1.29 is 4.79 Å². The molecular formula is C16H14ClN5O. The average Bonchev–Trinajstić information content (AvgIpc) is 3.11. The van der Waals surface area contributed by atoms with Gasteiger partial charge < -0.3 is 0 Å². The summed E-state index contributed by atoms with van der Waals surface area (Å²) < 4.78 is 3.27. The van der Waals surface area contributed by atoms with Gasteiger partial charge in [0.25, 0.3) is 0 Å². The summed E-state index contributed by atoms with van der Waals surface area (Å²) in [5.41, 5.74) is 2.58. The quantitative estimate of drug-likeness (QED) is 0.546. The molecule has 0 amide bonds. The molecule has 116 valence electrons. The van der Waals surface area contributed by atoms with Crippen LogP contribution in [0, 0.1) is 6.92 Å². The lowest BCUT2D eigenvalue weighted by molar-refractivity contribution is 0.104. The molecule has 0 aliphatic heterocycles. The molecule has 7 heteroatoms. The predicted octanol–water partition coefficient (Wildman–Crippen LogP) is 2.86. The molecule has 0 spiro atoms. The van der Waals surface area contributed by atoms with Crippen molar-refractivity contribution in [3.8, 4) is 5.69 Å². The highest BCUT2D eigenvalue weighted by Crippen LogP contribution is 2.17. The molecule has 2 aromatic heterocycles. The molecule has 0 N–H and O–H groups in total. The first-order valence-corrected chi connectivity index (χ1v) is 7.31. The predicted molar refractivity (Wildman–Crippen MR) is 87.7 cm³/mol. The zero-order valence-electron chi connectivity index (χ0n) is 12.6. The molecule has 0 atom stereocenters. The third-order valence-electron chi connectivity index (χ3n) is 3.33. The Bertz CT molecular complexity index is 894. The molecule has 23 heavy (non-hydrogen) atoms. The van der Waals surface area contributed by atoms with E-state index in [1.54, 1.807) is 40.7 Å². The maximum atomic E-state index is 12.3. The van der Waals surface area contributed by atoms with E-state index < -0.39 is 0 Å². The summed E-state index contributed by atoms with van der Waals surface area (Å²) in [7, 11) is 1.82. The summed E-state index contributed by atoms with van der Waals surface area (Å²) in [5.74, 6) is -0.209. The van der Waals surface area contributed by atoms with Gasteiger partial charge in [0.05, 0.1) is 17.6 Å². The van der Waals surface area contributed by atoms with Crippen LogP contribution < -0.4 is 0 Å². The van der Waals surface area contributed by atoms with Gasteiger partial charge in [0.2, 0.25) is 5.78 Å². The van der Waals surface area contributed by atoms with Gasteiger partial charge in [-0.25, -0.2) is 4.68 Å². The maximum Gasteiger partial charge on any atom is 0.208 e. The first kappa shape index (κ1) is 15.2. The number of ketones is 1. The second kappa shape index (κ2) is 6.18. The molecule has 2 heterocycles. The van der Waals surface area contributed by atoms with Crippen LogP contribution in [0.5, 0.6) is 0 Å². The monoisotopic (exact) mass is 327 g/mol. The lowest BCUT2D eigenvalue weighted by Crippen LogP contribution is -2.01. The van der Waals surface area contributed by atoms with Crippen LogP contribution in [0.4, 0.5) is 0 Å². The third kappa shape index (κ3) is 3.22. The number of carbonyl (C=O) groups is 1. The van der Waals surface area contributed by atoms with Gasteiger partial charge in [-0.1, -0.05) is 22.9 Å². The van der Waals surface area contributed by atoms with Crippen LogP contribution in [0.3, 0.4) is 0 Å². The van der Waals surface area contributed by atoms with E-state index in [1.807, 2.05) is 25.4 Å². The minimum atomic E-state index is -0.209. The highest BCUT2D eigenvalue weighted by molar-refractivity contribution is 6.30. The molecule has 0 bridgehead atoms.